The van der Waals surface area contributed by atoms with Gasteiger partial charge in [-0.1, -0.05) is 42.4 Å². The molecule has 2 heterocycles. The summed E-state index contributed by atoms with van der Waals surface area (Å²) in [5.74, 6) is 3.32. The summed E-state index contributed by atoms with van der Waals surface area (Å²) in [6.07, 6.45) is 1.14. The van der Waals surface area contributed by atoms with Gasteiger partial charge < -0.3 is 14.7 Å². The largest absolute Gasteiger partial charge is 0.357 e. The van der Waals surface area contributed by atoms with E-state index in [1.807, 2.05) is 0 Å². The van der Waals surface area contributed by atoms with Gasteiger partial charge in [-0.15, -0.1) is 24.0 Å². The lowest BCUT2D eigenvalue weighted by molar-refractivity contribution is 0.234. The Hall–Kier alpha value is -1.64. The fourth-order valence-corrected chi connectivity index (χ4v) is 3.51. The summed E-state index contributed by atoms with van der Waals surface area (Å²) < 4.78 is 5.02. The second-order valence-corrected chi connectivity index (χ2v) is 6.63. The van der Waals surface area contributed by atoms with Gasteiger partial charge in [-0.2, -0.15) is 4.98 Å². The molecular formula is C19H28IN5O. The number of nitrogens with one attached hydrogen (secondary N) is 1. The molecule has 1 fully saturated rings. The molecule has 1 aromatic carbocycles. The average Bonchev–Trinajstić information content (AvgIpc) is 3.04. The number of hydrogen-bond donors (Lipinski definition) is 1. The Morgan fingerprint density at radius 1 is 1.35 bits per heavy atom. The molecule has 0 radical (unpaired) electrons. The van der Waals surface area contributed by atoms with E-state index < -0.39 is 0 Å². The first-order valence-electron chi connectivity index (χ1n) is 9.04. The van der Waals surface area contributed by atoms with Crippen LogP contribution in [0.2, 0.25) is 0 Å². The van der Waals surface area contributed by atoms with Gasteiger partial charge in [-0.25, -0.2) is 4.99 Å². The first-order chi connectivity index (χ1) is 12.2. The second kappa shape index (κ2) is 9.89. The van der Waals surface area contributed by atoms with Crippen molar-refractivity contribution in [3.63, 3.8) is 0 Å². The van der Waals surface area contributed by atoms with Crippen LogP contribution < -0.4 is 5.32 Å². The maximum Gasteiger partial charge on any atom is 0.223 e. The fourth-order valence-electron chi connectivity index (χ4n) is 3.51. The molecule has 6 nitrogen and oxygen atoms in total. The van der Waals surface area contributed by atoms with Gasteiger partial charge >= 0.3 is 0 Å². The predicted octanol–water partition coefficient (Wildman–Crippen LogP) is 3.59. The molecule has 26 heavy (non-hydrogen) atoms. The zero-order valence-corrected chi connectivity index (χ0v) is 18.0. The minimum absolute atomic E-state index is 0. The van der Waals surface area contributed by atoms with Crippen LogP contribution >= 0.6 is 24.0 Å². The van der Waals surface area contributed by atoms with E-state index in [-0.39, 0.29) is 24.0 Å². The van der Waals surface area contributed by atoms with Gasteiger partial charge in [0.25, 0.3) is 0 Å². The van der Waals surface area contributed by atoms with E-state index in [9.17, 15) is 0 Å². The van der Waals surface area contributed by atoms with Crippen molar-refractivity contribution >= 4 is 29.9 Å². The SMILES string of the molecule is CCNC(=NCc1noc(C)n1)N1CCC(c2ccccc2)C(C)C1.I. The van der Waals surface area contributed by atoms with Crippen molar-refractivity contribution in [1.82, 2.24) is 20.4 Å². The molecule has 2 aromatic rings. The van der Waals surface area contributed by atoms with E-state index in [0.29, 0.717) is 30.1 Å². The van der Waals surface area contributed by atoms with Crippen LogP contribution in [0.3, 0.4) is 0 Å². The number of rotatable bonds is 4. The van der Waals surface area contributed by atoms with E-state index in [1.165, 1.54) is 5.56 Å². The number of hydrogen-bond acceptors (Lipinski definition) is 4. The van der Waals surface area contributed by atoms with Crippen LogP contribution in [0.15, 0.2) is 39.8 Å². The highest BCUT2D eigenvalue weighted by Crippen LogP contribution is 2.32. The molecule has 1 saturated heterocycles. The Kier molecular flexibility index (Phi) is 7.86. The zero-order chi connectivity index (χ0) is 17.6. The standard InChI is InChI=1S/C19H27N5O.HI/c1-4-20-19(21-12-18-22-15(3)25-23-18)24-11-10-17(14(2)13-24)16-8-6-5-7-9-16;/h5-9,14,17H,4,10-13H2,1-3H3,(H,20,21);1H. The first-order valence-corrected chi connectivity index (χ1v) is 9.04. The fraction of sp³-hybridized carbons (Fsp3) is 0.526. The Balaban J connectivity index is 0.00000243. The Labute approximate surface area is 172 Å². The molecule has 0 aliphatic carbocycles. The Morgan fingerprint density at radius 3 is 2.73 bits per heavy atom. The summed E-state index contributed by atoms with van der Waals surface area (Å²) >= 11 is 0. The summed E-state index contributed by atoms with van der Waals surface area (Å²) in [4.78, 5) is 11.3. The smallest absolute Gasteiger partial charge is 0.223 e. The number of halogens is 1. The number of aliphatic imine (C=N–C) groups is 1. The molecule has 1 aromatic heterocycles. The summed E-state index contributed by atoms with van der Waals surface area (Å²) in [5.41, 5.74) is 1.44. The molecule has 2 atom stereocenters. The monoisotopic (exact) mass is 469 g/mol. The highest BCUT2D eigenvalue weighted by molar-refractivity contribution is 14.0. The molecule has 0 bridgehead atoms. The van der Waals surface area contributed by atoms with E-state index >= 15 is 0 Å². The molecule has 0 spiro atoms. The van der Waals surface area contributed by atoms with Crippen LogP contribution in [0.4, 0.5) is 0 Å². The summed E-state index contributed by atoms with van der Waals surface area (Å²) in [5, 5.41) is 7.31. The lowest BCUT2D eigenvalue weighted by atomic mass is 9.82. The lowest BCUT2D eigenvalue weighted by Gasteiger charge is -2.39. The lowest BCUT2D eigenvalue weighted by Crippen LogP contribution is -2.48. The van der Waals surface area contributed by atoms with Gasteiger partial charge in [-0.3, -0.25) is 0 Å². The minimum Gasteiger partial charge on any atom is -0.357 e. The van der Waals surface area contributed by atoms with Crippen molar-refractivity contribution < 1.29 is 4.52 Å². The van der Waals surface area contributed by atoms with Crippen molar-refractivity contribution in [2.75, 3.05) is 19.6 Å². The van der Waals surface area contributed by atoms with E-state index in [2.05, 4.69) is 64.5 Å². The average molecular weight is 469 g/mol. The highest BCUT2D eigenvalue weighted by Gasteiger charge is 2.28. The number of likely N-dealkylation sites (tertiary alicyclic amines) is 1. The van der Waals surface area contributed by atoms with Crippen LogP contribution in [0.5, 0.6) is 0 Å². The predicted molar refractivity (Wildman–Crippen MR) is 114 cm³/mol. The van der Waals surface area contributed by atoms with E-state index in [4.69, 9.17) is 9.52 Å². The summed E-state index contributed by atoms with van der Waals surface area (Å²) in [6.45, 7) is 9.49. The third-order valence-corrected chi connectivity index (χ3v) is 4.71. The number of nitrogens with zero attached hydrogens (tertiary/aromatic N) is 4. The number of aromatic nitrogens is 2. The number of piperidine rings is 1. The molecule has 3 rings (SSSR count). The number of benzene rings is 1. The molecule has 0 saturated carbocycles. The summed E-state index contributed by atoms with van der Waals surface area (Å²) in [6, 6.07) is 10.8. The number of guanidine groups is 1. The van der Waals surface area contributed by atoms with Crippen LogP contribution in [0.1, 0.15) is 43.5 Å². The normalized spacial score (nSPS) is 20.6. The van der Waals surface area contributed by atoms with Crippen molar-refractivity contribution in [3.8, 4) is 0 Å². The van der Waals surface area contributed by atoms with Crippen LogP contribution in [0, 0.1) is 12.8 Å². The van der Waals surface area contributed by atoms with Crippen molar-refractivity contribution in [2.45, 2.75) is 39.7 Å². The van der Waals surface area contributed by atoms with Gasteiger partial charge in [0.1, 0.15) is 6.54 Å². The molecule has 142 valence electrons. The van der Waals surface area contributed by atoms with Gasteiger partial charge in [0.05, 0.1) is 0 Å². The Bertz CT molecular complexity index is 703. The third-order valence-electron chi connectivity index (χ3n) is 4.71. The van der Waals surface area contributed by atoms with E-state index in [1.54, 1.807) is 6.92 Å². The molecule has 1 aliphatic rings. The molecule has 1 aliphatic heterocycles. The zero-order valence-electron chi connectivity index (χ0n) is 15.7. The van der Waals surface area contributed by atoms with Gasteiger partial charge in [-0.05, 0) is 30.7 Å². The molecule has 1 N–H and O–H groups in total. The quantitative estimate of drug-likeness (QED) is 0.421. The maximum atomic E-state index is 5.02. The van der Waals surface area contributed by atoms with E-state index in [0.717, 1.165) is 32.0 Å². The topological polar surface area (TPSA) is 66.5 Å². The second-order valence-electron chi connectivity index (χ2n) is 6.63. The third kappa shape index (κ3) is 5.18. The molecular weight excluding hydrogens is 441 g/mol. The van der Waals surface area contributed by atoms with Crippen molar-refractivity contribution in [3.05, 3.63) is 47.6 Å². The highest BCUT2D eigenvalue weighted by atomic mass is 127. The first kappa shape index (κ1) is 20.7. The summed E-state index contributed by atoms with van der Waals surface area (Å²) in [7, 11) is 0. The van der Waals surface area contributed by atoms with Gasteiger partial charge in [0, 0.05) is 26.6 Å². The van der Waals surface area contributed by atoms with Crippen molar-refractivity contribution in [1.29, 1.82) is 0 Å². The van der Waals surface area contributed by atoms with Crippen LogP contribution in [-0.4, -0.2) is 40.6 Å². The minimum atomic E-state index is 0. The Morgan fingerprint density at radius 2 is 2.12 bits per heavy atom. The van der Waals surface area contributed by atoms with Crippen LogP contribution in [0.25, 0.3) is 0 Å². The number of aryl methyl sites for hydroxylation is 1. The molecule has 0 amide bonds. The van der Waals surface area contributed by atoms with Crippen LogP contribution in [-0.2, 0) is 6.54 Å². The molecule has 2 unspecified atom stereocenters. The molecule has 7 heteroatoms. The maximum absolute atomic E-state index is 5.02. The van der Waals surface area contributed by atoms with Gasteiger partial charge in [0.15, 0.2) is 11.8 Å². The van der Waals surface area contributed by atoms with Gasteiger partial charge in [0.2, 0.25) is 5.89 Å². The van der Waals surface area contributed by atoms with Crippen molar-refractivity contribution in [2.24, 2.45) is 10.9 Å².